The Morgan fingerprint density at radius 3 is 1.43 bits per heavy atom. The van der Waals surface area contributed by atoms with Crippen molar-refractivity contribution in [2.45, 2.75) is 102 Å². The third-order valence-electron chi connectivity index (χ3n) is 10.4. The second-order valence-corrected chi connectivity index (χ2v) is 15.1. The molecule has 2 fully saturated rings. The van der Waals surface area contributed by atoms with Crippen LogP contribution in [0.25, 0.3) is 33.6 Å². The van der Waals surface area contributed by atoms with E-state index in [1.165, 1.54) is 7.11 Å². The van der Waals surface area contributed by atoms with Crippen molar-refractivity contribution in [3.05, 3.63) is 72.6 Å². The topological polar surface area (TPSA) is 186 Å². The SMILES string of the molecule is COC(=O)NC(C)(C)C(=O)N1[C@@H](C)CC[C@H]1c1ncc(-c2ccc(-c3ccc(-c4cnc([C@@H]5CC[C@H](C)N5C(=O)C(C)(C)NC(=O)O)[nH]4)cc3)cc2)[nH]1. The number of imidazole rings is 2. The first kappa shape index (κ1) is 37.1. The Bertz CT molecular complexity index is 1980. The number of likely N-dealkylation sites (tertiary alicyclic amines) is 2. The van der Waals surface area contributed by atoms with Gasteiger partial charge in [-0.05, 0) is 89.5 Å². The lowest BCUT2D eigenvalue weighted by Gasteiger charge is -2.35. The minimum Gasteiger partial charge on any atom is -0.465 e. The van der Waals surface area contributed by atoms with Crippen LogP contribution in [0.15, 0.2) is 60.9 Å². The molecule has 2 aromatic carbocycles. The molecule has 4 aromatic rings. The van der Waals surface area contributed by atoms with E-state index in [-0.39, 0.29) is 36.0 Å². The third kappa shape index (κ3) is 7.48. The molecule has 0 radical (unpaired) electrons. The van der Waals surface area contributed by atoms with E-state index in [2.05, 4.69) is 54.8 Å². The lowest BCUT2D eigenvalue weighted by atomic mass is 10.0. The maximum absolute atomic E-state index is 13.6. The Morgan fingerprint density at radius 2 is 1.06 bits per heavy atom. The van der Waals surface area contributed by atoms with E-state index in [4.69, 9.17) is 4.74 Å². The quantitative estimate of drug-likeness (QED) is 0.131. The number of aromatic nitrogens is 4. The van der Waals surface area contributed by atoms with Crippen LogP contribution in [-0.4, -0.2) is 89.1 Å². The Morgan fingerprint density at radius 1 is 0.679 bits per heavy atom. The molecule has 0 spiro atoms. The fourth-order valence-corrected chi connectivity index (χ4v) is 7.50. The van der Waals surface area contributed by atoms with Gasteiger partial charge in [0.05, 0.1) is 43.0 Å². The lowest BCUT2D eigenvalue weighted by molar-refractivity contribution is -0.140. The number of ether oxygens (including phenoxy) is 1. The average molecular weight is 725 g/mol. The Labute approximate surface area is 308 Å². The van der Waals surface area contributed by atoms with Crippen molar-refractivity contribution in [3.63, 3.8) is 0 Å². The van der Waals surface area contributed by atoms with Crippen molar-refractivity contribution in [2.24, 2.45) is 0 Å². The number of nitrogens with one attached hydrogen (secondary N) is 4. The highest BCUT2D eigenvalue weighted by Crippen LogP contribution is 2.39. The van der Waals surface area contributed by atoms with Gasteiger partial charge in [0.1, 0.15) is 22.7 Å². The summed E-state index contributed by atoms with van der Waals surface area (Å²) in [6.45, 7) is 10.5. The van der Waals surface area contributed by atoms with Gasteiger partial charge in [-0.3, -0.25) is 9.59 Å². The summed E-state index contributed by atoms with van der Waals surface area (Å²) in [6, 6.07) is 15.8. The number of methoxy groups -OCH3 is 1. The molecule has 2 aliphatic heterocycles. The van der Waals surface area contributed by atoms with Crippen molar-refractivity contribution in [1.82, 2.24) is 40.4 Å². The Hall–Kier alpha value is -5.66. The molecule has 0 unspecified atom stereocenters. The lowest BCUT2D eigenvalue weighted by Crippen LogP contribution is -2.57. The molecular formula is C39H48N8O6. The van der Waals surface area contributed by atoms with Gasteiger partial charge in [-0.1, -0.05) is 48.5 Å². The maximum Gasteiger partial charge on any atom is 0.407 e. The van der Waals surface area contributed by atoms with Crippen LogP contribution in [0.1, 0.15) is 91.0 Å². The second kappa shape index (κ2) is 14.4. The van der Waals surface area contributed by atoms with Gasteiger partial charge in [-0.25, -0.2) is 19.6 Å². The third-order valence-corrected chi connectivity index (χ3v) is 10.4. The number of hydrogen-bond acceptors (Lipinski definition) is 7. The summed E-state index contributed by atoms with van der Waals surface area (Å²) >= 11 is 0. The van der Waals surface area contributed by atoms with Gasteiger partial charge in [0.15, 0.2) is 0 Å². The van der Waals surface area contributed by atoms with E-state index >= 15 is 0 Å². The summed E-state index contributed by atoms with van der Waals surface area (Å²) in [5.74, 6) is 0.895. The molecule has 280 valence electrons. The summed E-state index contributed by atoms with van der Waals surface area (Å²) in [6.07, 6.45) is 4.75. The predicted molar refractivity (Wildman–Crippen MR) is 198 cm³/mol. The van der Waals surface area contributed by atoms with Gasteiger partial charge in [-0.15, -0.1) is 0 Å². The number of carboxylic acid groups (broad SMARTS) is 1. The summed E-state index contributed by atoms with van der Waals surface area (Å²) in [5, 5.41) is 14.2. The molecule has 6 rings (SSSR count). The van der Waals surface area contributed by atoms with Crippen LogP contribution in [0.4, 0.5) is 9.59 Å². The molecule has 2 saturated heterocycles. The minimum absolute atomic E-state index is 0.0137. The molecule has 14 heteroatoms. The van der Waals surface area contributed by atoms with Crippen LogP contribution < -0.4 is 10.6 Å². The van der Waals surface area contributed by atoms with Crippen LogP contribution in [-0.2, 0) is 14.3 Å². The highest BCUT2D eigenvalue weighted by molar-refractivity contribution is 5.90. The van der Waals surface area contributed by atoms with Gasteiger partial charge in [0.25, 0.3) is 0 Å². The number of rotatable bonds is 9. The fourth-order valence-electron chi connectivity index (χ4n) is 7.50. The Kier molecular flexibility index (Phi) is 10.1. The van der Waals surface area contributed by atoms with Gasteiger partial charge in [-0.2, -0.15) is 0 Å². The van der Waals surface area contributed by atoms with Crippen LogP contribution in [0.5, 0.6) is 0 Å². The zero-order chi connectivity index (χ0) is 38.2. The number of aromatic amines is 2. The number of H-pyrrole nitrogens is 2. The zero-order valence-corrected chi connectivity index (χ0v) is 31.2. The number of benzene rings is 2. The van der Waals surface area contributed by atoms with E-state index in [0.29, 0.717) is 11.6 Å². The molecule has 4 heterocycles. The number of carbonyl (C=O) groups excluding carboxylic acids is 3. The van der Waals surface area contributed by atoms with E-state index < -0.39 is 23.3 Å². The summed E-state index contributed by atoms with van der Waals surface area (Å²) in [5.41, 5.74) is 3.24. The molecular weight excluding hydrogens is 676 g/mol. The summed E-state index contributed by atoms with van der Waals surface area (Å²) < 4.78 is 4.73. The first-order valence-electron chi connectivity index (χ1n) is 17.9. The van der Waals surface area contributed by atoms with E-state index in [9.17, 15) is 24.3 Å². The minimum atomic E-state index is -1.27. The van der Waals surface area contributed by atoms with E-state index in [1.54, 1.807) is 45.0 Å². The normalized spacial score (nSPS) is 20.4. The number of nitrogens with zero attached hydrogens (tertiary/aromatic N) is 4. The smallest absolute Gasteiger partial charge is 0.407 e. The molecule has 53 heavy (non-hydrogen) atoms. The van der Waals surface area contributed by atoms with Crippen molar-refractivity contribution in [1.29, 1.82) is 0 Å². The number of amides is 4. The molecule has 0 saturated carbocycles. The fraction of sp³-hybridized carbons (Fsp3) is 0.436. The molecule has 0 aliphatic carbocycles. The van der Waals surface area contributed by atoms with Crippen molar-refractivity contribution < 1.29 is 29.0 Å². The predicted octanol–water partition coefficient (Wildman–Crippen LogP) is 6.42. The summed E-state index contributed by atoms with van der Waals surface area (Å²) in [7, 11) is 1.27. The first-order valence-corrected chi connectivity index (χ1v) is 17.9. The second-order valence-electron chi connectivity index (χ2n) is 15.1. The van der Waals surface area contributed by atoms with Crippen molar-refractivity contribution in [2.75, 3.05) is 7.11 Å². The van der Waals surface area contributed by atoms with Gasteiger partial charge < -0.3 is 40.2 Å². The van der Waals surface area contributed by atoms with Crippen molar-refractivity contribution in [3.8, 4) is 33.6 Å². The van der Waals surface area contributed by atoms with Crippen LogP contribution in [0.2, 0.25) is 0 Å². The Balaban J connectivity index is 1.13. The zero-order valence-electron chi connectivity index (χ0n) is 31.2. The van der Waals surface area contributed by atoms with Gasteiger partial charge in [0, 0.05) is 12.1 Å². The van der Waals surface area contributed by atoms with Crippen molar-refractivity contribution >= 4 is 24.0 Å². The molecule has 2 aliphatic rings. The molecule has 4 amide bonds. The summed E-state index contributed by atoms with van der Waals surface area (Å²) in [4.78, 5) is 70.0. The number of hydrogen-bond donors (Lipinski definition) is 5. The van der Waals surface area contributed by atoms with E-state index in [1.807, 2.05) is 43.0 Å². The molecule has 0 bridgehead atoms. The highest BCUT2D eigenvalue weighted by Gasteiger charge is 2.45. The molecule has 2 aromatic heterocycles. The van der Waals surface area contributed by atoms with Crippen LogP contribution in [0.3, 0.4) is 0 Å². The van der Waals surface area contributed by atoms with Crippen LogP contribution >= 0.6 is 0 Å². The molecule has 14 nitrogen and oxygen atoms in total. The van der Waals surface area contributed by atoms with E-state index in [0.717, 1.165) is 59.3 Å². The highest BCUT2D eigenvalue weighted by atomic mass is 16.5. The molecule has 5 N–H and O–H groups in total. The monoisotopic (exact) mass is 724 g/mol. The van der Waals surface area contributed by atoms with Crippen LogP contribution in [0, 0.1) is 0 Å². The maximum atomic E-state index is 13.6. The molecule has 4 atom stereocenters. The number of alkyl carbamates (subject to hydrolysis) is 1. The van der Waals surface area contributed by atoms with Gasteiger partial charge in [0.2, 0.25) is 11.8 Å². The average Bonchev–Trinajstić information content (AvgIpc) is 3.94. The number of carbonyl (C=O) groups is 4. The van der Waals surface area contributed by atoms with Gasteiger partial charge >= 0.3 is 12.2 Å². The largest absolute Gasteiger partial charge is 0.465 e. The first-order chi connectivity index (χ1) is 25.1. The standard InChI is InChI=1S/C39H48N8O6/c1-22-8-18-30(46(22)34(48)38(3,4)44-36(50)51)32-40-20-28(42-32)26-14-10-24(11-15-26)25-12-16-27(17-13-25)29-21-41-33(43-29)31-19-9-23(2)47(31)35(49)39(5,6)45-37(52)53-7/h10-17,20-23,30-31,44H,8-9,18-19H2,1-7H3,(H,40,42)(H,41,43)(H,45,52)(H,50,51)/t22-,23-,30-,31-/m0/s1.